The van der Waals surface area contributed by atoms with Gasteiger partial charge in [0.05, 0.1) is 6.10 Å². The van der Waals surface area contributed by atoms with Gasteiger partial charge in [-0.2, -0.15) is 4.98 Å². The van der Waals surface area contributed by atoms with Gasteiger partial charge in [-0.3, -0.25) is 14.3 Å². The maximum absolute atomic E-state index is 12.0. The molecule has 2 aromatic heterocycles. The molecule has 20 heavy (non-hydrogen) atoms. The lowest BCUT2D eigenvalue weighted by molar-refractivity contribution is 0.208. The van der Waals surface area contributed by atoms with Crippen molar-refractivity contribution in [3.05, 3.63) is 20.8 Å². The van der Waals surface area contributed by atoms with Crippen LogP contribution in [0.3, 0.4) is 0 Å². The van der Waals surface area contributed by atoms with Gasteiger partial charge >= 0.3 is 5.69 Å². The van der Waals surface area contributed by atoms with E-state index in [9.17, 15) is 14.7 Å². The first-order chi connectivity index (χ1) is 9.32. The van der Waals surface area contributed by atoms with Gasteiger partial charge in [-0.05, 0) is 20.8 Å². The minimum Gasteiger partial charge on any atom is -0.392 e. The number of aromatic amines is 1. The molecule has 110 valence electrons. The van der Waals surface area contributed by atoms with Crippen molar-refractivity contribution in [2.75, 3.05) is 11.9 Å². The Morgan fingerprint density at radius 3 is 2.55 bits per heavy atom. The standard InChI is InChI=1S/C12H19N5O3/c1-6(2)17-8-9(14-11(17)13-5-7(3)18)16(4)12(20)15-10(8)19/h6-7,18H,5H2,1-4H3,(H,13,14)(H,15,19,20)/t7-/m1/s1. The summed E-state index contributed by atoms with van der Waals surface area (Å²) >= 11 is 0. The predicted octanol–water partition coefficient (Wildman–Crippen LogP) is -0.203. The zero-order valence-corrected chi connectivity index (χ0v) is 12.0. The topological polar surface area (TPSA) is 105 Å². The van der Waals surface area contributed by atoms with E-state index in [4.69, 9.17) is 0 Å². The second-order valence-electron chi connectivity index (χ2n) is 5.12. The van der Waals surface area contributed by atoms with E-state index in [2.05, 4.69) is 15.3 Å². The molecule has 0 radical (unpaired) electrons. The molecule has 0 aliphatic heterocycles. The molecule has 8 heteroatoms. The maximum Gasteiger partial charge on any atom is 0.329 e. The highest BCUT2D eigenvalue weighted by Gasteiger charge is 2.19. The van der Waals surface area contributed by atoms with Gasteiger partial charge in [0.15, 0.2) is 11.2 Å². The first-order valence-electron chi connectivity index (χ1n) is 6.46. The molecular formula is C12H19N5O3. The number of fused-ring (bicyclic) bond motifs is 1. The minimum absolute atomic E-state index is 0.0184. The number of imidazole rings is 1. The monoisotopic (exact) mass is 281 g/mol. The van der Waals surface area contributed by atoms with Crippen LogP contribution in [0.25, 0.3) is 11.2 Å². The van der Waals surface area contributed by atoms with Crippen LogP contribution in [-0.2, 0) is 7.05 Å². The van der Waals surface area contributed by atoms with Crippen LogP contribution >= 0.6 is 0 Å². The summed E-state index contributed by atoms with van der Waals surface area (Å²) in [6.07, 6.45) is -0.544. The first-order valence-corrected chi connectivity index (χ1v) is 6.46. The van der Waals surface area contributed by atoms with Gasteiger partial charge in [0.2, 0.25) is 5.95 Å². The summed E-state index contributed by atoms with van der Waals surface area (Å²) < 4.78 is 3.01. The van der Waals surface area contributed by atoms with Crippen LogP contribution < -0.4 is 16.6 Å². The summed E-state index contributed by atoms with van der Waals surface area (Å²) in [6, 6.07) is -0.0184. The van der Waals surface area contributed by atoms with Gasteiger partial charge in [-0.25, -0.2) is 4.79 Å². The first kappa shape index (κ1) is 14.3. The van der Waals surface area contributed by atoms with Crippen LogP contribution in [0.5, 0.6) is 0 Å². The van der Waals surface area contributed by atoms with Crippen molar-refractivity contribution in [3.8, 4) is 0 Å². The third-order valence-corrected chi connectivity index (χ3v) is 3.02. The third kappa shape index (κ3) is 2.34. The van der Waals surface area contributed by atoms with Gasteiger partial charge in [0.1, 0.15) is 0 Å². The van der Waals surface area contributed by atoms with Crippen molar-refractivity contribution in [1.29, 1.82) is 0 Å². The molecule has 0 unspecified atom stereocenters. The molecule has 0 amide bonds. The molecule has 0 saturated heterocycles. The fraction of sp³-hybridized carbons (Fsp3) is 0.583. The Kier molecular flexibility index (Phi) is 3.67. The Morgan fingerprint density at radius 1 is 1.35 bits per heavy atom. The number of rotatable bonds is 4. The fourth-order valence-electron chi connectivity index (χ4n) is 2.07. The van der Waals surface area contributed by atoms with E-state index in [1.807, 2.05) is 13.8 Å². The van der Waals surface area contributed by atoms with Crippen molar-refractivity contribution >= 4 is 17.1 Å². The van der Waals surface area contributed by atoms with Crippen molar-refractivity contribution in [2.45, 2.75) is 32.9 Å². The molecular weight excluding hydrogens is 262 g/mol. The van der Waals surface area contributed by atoms with E-state index < -0.39 is 17.4 Å². The average molecular weight is 281 g/mol. The summed E-state index contributed by atoms with van der Waals surface area (Å²) in [5.41, 5.74) is -0.303. The number of hydrogen-bond donors (Lipinski definition) is 3. The molecule has 2 heterocycles. The second-order valence-corrected chi connectivity index (χ2v) is 5.12. The maximum atomic E-state index is 12.0. The predicted molar refractivity (Wildman–Crippen MR) is 76.2 cm³/mol. The molecule has 0 aliphatic carbocycles. The van der Waals surface area contributed by atoms with Gasteiger partial charge in [-0.1, -0.05) is 0 Å². The molecule has 3 N–H and O–H groups in total. The number of aliphatic hydroxyl groups excluding tert-OH is 1. The molecule has 8 nitrogen and oxygen atoms in total. The molecule has 2 aromatic rings. The lowest BCUT2D eigenvalue weighted by Gasteiger charge is -2.14. The Bertz CT molecular complexity index is 738. The number of nitrogens with one attached hydrogen (secondary N) is 2. The molecule has 0 saturated carbocycles. The average Bonchev–Trinajstić information content (AvgIpc) is 2.73. The molecule has 0 aliphatic rings. The van der Waals surface area contributed by atoms with E-state index >= 15 is 0 Å². The summed E-state index contributed by atoms with van der Waals surface area (Å²) in [4.78, 5) is 30.2. The Labute approximate surface area is 115 Å². The number of aryl methyl sites for hydroxylation is 1. The van der Waals surface area contributed by atoms with E-state index in [0.29, 0.717) is 23.7 Å². The highest BCUT2D eigenvalue weighted by atomic mass is 16.3. The zero-order valence-electron chi connectivity index (χ0n) is 12.0. The number of aliphatic hydroxyl groups is 1. The Morgan fingerprint density at radius 2 is 2.00 bits per heavy atom. The van der Waals surface area contributed by atoms with Crippen LogP contribution in [-0.4, -0.2) is 36.9 Å². The number of hydrogen-bond acceptors (Lipinski definition) is 5. The second kappa shape index (κ2) is 5.12. The molecule has 1 atom stereocenters. The van der Waals surface area contributed by atoms with Gasteiger partial charge in [-0.15, -0.1) is 0 Å². The summed E-state index contributed by atoms with van der Waals surface area (Å²) in [5, 5.41) is 12.3. The molecule has 0 bridgehead atoms. The van der Waals surface area contributed by atoms with Crippen LogP contribution in [0.2, 0.25) is 0 Å². The van der Waals surface area contributed by atoms with E-state index in [0.717, 1.165) is 0 Å². The van der Waals surface area contributed by atoms with E-state index in [1.54, 1.807) is 18.5 Å². The van der Waals surface area contributed by atoms with Crippen LogP contribution in [0.4, 0.5) is 5.95 Å². The zero-order chi connectivity index (χ0) is 15.0. The normalized spacial score (nSPS) is 13.1. The van der Waals surface area contributed by atoms with Crippen molar-refractivity contribution in [3.63, 3.8) is 0 Å². The molecule has 0 fully saturated rings. The largest absolute Gasteiger partial charge is 0.392 e. The number of aromatic nitrogens is 4. The van der Waals surface area contributed by atoms with Crippen molar-refractivity contribution in [2.24, 2.45) is 7.05 Å². The van der Waals surface area contributed by atoms with Gasteiger partial charge in [0.25, 0.3) is 5.56 Å². The van der Waals surface area contributed by atoms with Crippen molar-refractivity contribution in [1.82, 2.24) is 19.1 Å². The minimum atomic E-state index is -0.544. The van der Waals surface area contributed by atoms with E-state index in [1.165, 1.54) is 4.57 Å². The summed E-state index contributed by atoms with van der Waals surface area (Å²) in [5.74, 6) is 0.461. The third-order valence-electron chi connectivity index (χ3n) is 3.02. The fourth-order valence-corrected chi connectivity index (χ4v) is 2.07. The smallest absolute Gasteiger partial charge is 0.329 e. The lowest BCUT2D eigenvalue weighted by atomic mass is 10.3. The number of H-pyrrole nitrogens is 1. The van der Waals surface area contributed by atoms with Crippen LogP contribution in [0.1, 0.15) is 26.8 Å². The van der Waals surface area contributed by atoms with E-state index in [-0.39, 0.29) is 6.04 Å². The SMILES string of the molecule is CC(C)n1c(NC[C@@H](C)O)nc2c1c(=O)[nH]c(=O)n2C. The van der Waals surface area contributed by atoms with Crippen LogP contribution in [0.15, 0.2) is 9.59 Å². The molecule has 2 rings (SSSR count). The highest BCUT2D eigenvalue weighted by molar-refractivity contribution is 5.74. The molecule has 0 aromatic carbocycles. The summed E-state index contributed by atoms with van der Waals surface area (Å²) in [7, 11) is 1.55. The summed E-state index contributed by atoms with van der Waals surface area (Å²) in [6.45, 7) is 5.79. The van der Waals surface area contributed by atoms with Crippen LogP contribution in [0, 0.1) is 0 Å². The highest BCUT2D eigenvalue weighted by Crippen LogP contribution is 2.20. The van der Waals surface area contributed by atoms with Gasteiger partial charge in [0, 0.05) is 19.6 Å². The van der Waals surface area contributed by atoms with Gasteiger partial charge < -0.3 is 15.0 Å². The van der Waals surface area contributed by atoms with Crippen molar-refractivity contribution < 1.29 is 5.11 Å². The quantitative estimate of drug-likeness (QED) is 0.719. The lowest BCUT2D eigenvalue weighted by Crippen LogP contribution is -2.29. The number of anilines is 1. The Hall–Kier alpha value is -2.09. The number of nitrogens with zero attached hydrogens (tertiary/aromatic N) is 3. The Balaban J connectivity index is 2.73. The molecule has 0 spiro atoms.